The van der Waals surface area contributed by atoms with Gasteiger partial charge in [0.15, 0.2) is 23.9 Å². The van der Waals surface area contributed by atoms with E-state index in [0.29, 0.717) is 42.2 Å². The first-order valence-electron chi connectivity index (χ1n) is 7.99. The lowest BCUT2D eigenvalue weighted by Crippen LogP contribution is -2.28. The van der Waals surface area contributed by atoms with Crippen LogP contribution in [0, 0.1) is 5.21 Å². The largest absolute Gasteiger partial charge is 0.619 e. The lowest BCUT2D eigenvalue weighted by Gasteiger charge is -2.12. The number of carbonyl (C=O) groups excluding carboxylic acids is 1. The van der Waals surface area contributed by atoms with Crippen LogP contribution in [0.1, 0.15) is 29.8 Å². The topological polar surface area (TPSA) is 74.5 Å². The number of hydrogen-bond donors (Lipinski definition) is 1. The summed E-state index contributed by atoms with van der Waals surface area (Å²) in [5.41, 5.74) is 1.51. The molecule has 128 valence electrons. The Labute approximate surface area is 141 Å². The molecule has 0 aliphatic rings. The van der Waals surface area contributed by atoms with E-state index < -0.39 is 0 Å². The van der Waals surface area contributed by atoms with Crippen molar-refractivity contribution in [3.63, 3.8) is 0 Å². The van der Waals surface area contributed by atoms with Crippen LogP contribution in [-0.2, 0) is 6.42 Å². The van der Waals surface area contributed by atoms with Crippen LogP contribution < -0.4 is 19.5 Å². The van der Waals surface area contributed by atoms with E-state index in [0.717, 1.165) is 11.3 Å². The van der Waals surface area contributed by atoms with Gasteiger partial charge in [0, 0.05) is 18.7 Å². The summed E-state index contributed by atoms with van der Waals surface area (Å²) in [4.78, 5) is 12.0. The smallest absolute Gasteiger partial charge is 0.251 e. The Morgan fingerprint density at radius 2 is 1.75 bits per heavy atom. The lowest BCUT2D eigenvalue weighted by molar-refractivity contribution is -0.605. The molecule has 0 saturated heterocycles. The molecular formula is C18H22N2O4. The number of nitrogens with zero attached hydrogens (tertiary/aromatic N) is 1. The summed E-state index contributed by atoms with van der Waals surface area (Å²) in [6.07, 6.45) is 3.28. The van der Waals surface area contributed by atoms with Crippen LogP contribution in [0.5, 0.6) is 11.5 Å². The number of nitrogens with one attached hydrogen (secondary N) is 1. The highest BCUT2D eigenvalue weighted by Crippen LogP contribution is 2.28. The minimum atomic E-state index is -0.202. The minimum Gasteiger partial charge on any atom is -0.619 e. The van der Waals surface area contributed by atoms with Gasteiger partial charge >= 0.3 is 0 Å². The predicted molar refractivity (Wildman–Crippen MR) is 90.2 cm³/mol. The first-order chi connectivity index (χ1) is 11.6. The quantitative estimate of drug-likeness (QED) is 0.594. The molecule has 1 amide bonds. The van der Waals surface area contributed by atoms with Gasteiger partial charge in [0.2, 0.25) is 0 Å². The van der Waals surface area contributed by atoms with E-state index in [1.54, 1.807) is 0 Å². The molecule has 0 bridgehead atoms. The Morgan fingerprint density at radius 1 is 1.08 bits per heavy atom. The maximum atomic E-state index is 12.0. The molecule has 1 heterocycles. The fraction of sp³-hybridized carbons (Fsp3) is 0.333. The highest BCUT2D eigenvalue weighted by atomic mass is 16.5. The van der Waals surface area contributed by atoms with Crippen molar-refractivity contribution in [3.8, 4) is 11.5 Å². The summed E-state index contributed by atoms with van der Waals surface area (Å²) in [6.45, 7) is 5.49. The van der Waals surface area contributed by atoms with Crippen molar-refractivity contribution in [2.24, 2.45) is 0 Å². The standard InChI is InChI=1S/C18H22N2O4/c1-3-23-16-6-5-14(13-17(16)24-4-2)7-10-19-18(21)15-8-11-20(22)12-9-15/h5-6,8-9,11-13H,3-4,7,10H2,1-2H3,(H,19,21). The molecule has 1 aromatic heterocycles. The predicted octanol–water partition coefficient (Wildman–Crippen LogP) is 2.09. The van der Waals surface area contributed by atoms with E-state index in [1.807, 2.05) is 32.0 Å². The van der Waals surface area contributed by atoms with Crippen molar-refractivity contribution in [2.75, 3.05) is 19.8 Å². The van der Waals surface area contributed by atoms with Gasteiger partial charge in [-0.2, -0.15) is 4.73 Å². The number of hydrogen-bond acceptors (Lipinski definition) is 4. The molecule has 0 saturated carbocycles. The van der Waals surface area contributed by atoms with E-state index in [-0.39, 0.29) is 5.91 Å². The highest BCUT2D eigenvalue weighted by molar-refractivity contribution is 5.93. The van der Waals surface area contributed by atoms with Crippen molar-refractivity contribution >= 4 is 5.91 Å². The van der Waals surface area contributed by atoms with Crippen LogP contribution in [0.3, 0.4) is 0 Å². The van der Waals surface area contributed by atoms with E-state index in [2.05, 4.69) is 5.32 Å². The van der Waals surface area contributed by atoms with Crippen molar-refractivity contribution in [1.29, 1.82) is 0 Å². The summed E-state index contributed by atoms with van der Waals surface area (Å²) in [5.74, 6) is 1.24. The molecule has 0 unspecified atom stereocenters. The molecular weight excluding hydrogens is 308 g/mol. The van der Waals surface area contributed by atoms with Gasteiger partial charge in [-0.05, 0) is 38.0 Å². The van der Waals surface area contributed by atoms with Crippen LogP contribution in [0.15, 0.2) is 42.7 Å². The molecule has 0 aliphatic heterocycles. The number of ether oxygens (including phenoxy) is 2. The van der Waals surface area contributed by atoms with Gasteiger partial charge in [-0.3, -0.25) is 4.79 Å². The Hall–Kier alpha value is -2.76. The van der Waals surface area contributed by atoms with Gasteiger partial charge < -0.3 is 20.0 Å². The summed E-state index contributed by atoms with van der Waals surface area (Å²) in [7, 11) is 0. The fourth-order valence-electron chi connectivity index (χ4n) is 2.24. The zero-order chi connectivity index (χ0) is 17.4. The highest BCUT2D eigenvalue weighted by Gasteiger charge is 2.08. The van der Waals surface area contributed by atoms with Crippen molar-refractivity contribution < 1.29 is 19.0 Å². The summed E-state index contributed by atoms with van der Waals surface area (Å²) in [6, 6.07) is 8.76. The van der Waals surface area contributed by atoms with Crippen molar-refractivity contribution in [1.82, 2.24) is 5.32 Å². The molecule has 0 radical (unpaired) electrons. The number of amides is 1. The van der Waals surface area contributed by atoms with Crippen molar-refractivity contribution in [2.45, 2.75) is 20.3 Å². The average molecular weight is 330 g/mol. The molecule has 0 fully saturated rings. The molecule has 6 heteroatoms. The van der Waals surface area contributed by atoms with Crippen molar-refractivity contribution in [3.05, 3.63) is 59.1 Å². The SMILES string of the molecule is CCOc1ccc(CCNC(=O)c2cc[n+]([O-])cc2)cc1OCC. The fourth-order valence-corrected chi connectivity index (χ4v) is 2.24. The molecule has 6 nitrogen and oxygen atoms in total. The molecule has 1 aromatic carbocycles. The number of aromatic nitrogens is 1. The van der Waals surface area contributed by atoms with Crippen LogP contribution >= 0.6 is 0 Å². The van der Waals surface area contributed by atoms with E-state index in [4.69, 9.17) is 9.47 Å². The second-order valence-electron chi connectivity index (χ2n) is 5.10. The number of carbonyl (C=O) groups is 1. The Bertz CT molecular complexity index is 671. The van der Waals surface area contributed by atoms with Gasteiger partial charge in [-0.15, -0.1) is 0 Å². The molecule has 0 atom stereocenters. The average Bonchev–Trinajstić information content (AvgIpc) is 2.58. The van der Waals surface area contributed by atoms with Gasteiger partial charge in [-0.1, -0.05) is 6.07 Å². The third-order valence-corrected chi connectivity index (χ3v) is 3.37. The second kappa shape index (κ2) is 8.76. The zero-order valence-corrected chi connectivity index (χ0v) is 14.0. The first kappa shape index (κ1) is 17.6. The molecule has 0 aliphatic carbocycles. The molecule has 0 spiro atoms. The second-order valence-corrected chi connectivity index (χ2v) is 5.10. The lowest BCUT2D eigenvalue weighted by atomic mass is 10.1. The van der Waals surface area contributed by atoms with E-state index in [9.17, 15) is 10.0 Å². The van der Waals surface area contributed by atoms with Gasteiger partial charge in [-0.25, -0.2) is 0 Å². The Morgan fingerprint density at radius 3 is 2.42 bits per heavy atom. The normalized spacial score (nSPS) is 10.2. The van der Waals surface area contributed by atoms with E-state index >= 15 is 0 Å². The summed E-state index contributed by atoms with van der Waals surface area (Å²) < 4.78 is 11.8. The Balaban J connectivity index is 1.92. The zero-order valence-electron chi connectivity index (χ0n) is 14.0. The molecule has 1 N–H and O–H groups in total. The number of pyridine rings is 1. The monoisotopic (exact) mass is 330 g/mol. The Kier molecular flexibility index (Phi) is 6.42. The van der Waals surface area contributed by atoms with E-state index in [1.165, 1.54) is 24.5 Å². The van der Waals surface area contributed by atoms with Gasteiger partial charge in [0.05, 0.1) is 18.8 Å². The number of benzene rings is 1. The molecule has 24 heavy (non-hydrogen) atoms. The van der Waals surface area contributed by atoms with Gasteiger partial charge in [0.25, 0.3) is 5.91 Å². The van der Waals surface area contributed by atoms with Crippen LogP contribution in [0.4, 0.5) is 0 Å². The minimum absolute atomic E-state index is 0.202. The summed E-state index contributed by atoms with van der Waals surface area (Å²) >= 11 is 0. The number of rotatable bonds is 8. The maximum absolute atomic E-state index is 12.0. The van der Waals surface area contributed by atoms with Crippen LogP contribution in [-0.4, -0.2) is 25.7 Å². The van der Waals surface area contributed by atoms with Crippen LogP contribution in [0.2, 0.25) is 0 Å². The summed E-state index contributed by atoms with van der Waals surface area (Å²) in [5, 5.41) is 13.8. The molecule has 2 rings (SSSR count). The molecule has 2 aromatic rings. The first-order valence-corrected chi connectivity index (χ1v) is 7.99. The third-order valence-electron chi connectivity index (χ3n) is 3.37. The van der Waals surface area contributed by atoms with Gasteiger partial charge in [0.1, 0.15) is 0 Å². The third kappa shape index (κ3) is 4.87. The maximum Gasteiger partial charge on any atom is 0.251 e. The van der Waals surface area contributed by atoms with Crippen LogP contribution in [0.25, 0.3) is 0 Å².